The zero-order valence-electron chi connectivity index (χ0n) is 10.4. The van der Waals surface area contributed by atoms with E-state index in [1.165, 1.54) is 5.56 Å². The summed E-state index contributed by atoms with van der Waals surface area (Å²) in [5, 5.41) is 8.59. The lowest BCUT2D eigenvalue weighted by molar-refractivity contribution is 0.563. The minimum Gasteiger partial charge on any atom is -0.472 e. The summed E-state index contributed by atoms with van der Waals surface area (Å²) < 4.78 is 6.15. The first-order chi connectivity index (χ1) is 8.78. The lowest BCUT2D eigenvalue weighted by Gasteiger charge is -2.10. The molecule has 0 aliphatic rings. The van der Waals surface area contributed by atoms with Crippen LogP contribution in [0.1, 0.15) is 11.1 Å². The second-order valence-electron chi connectivity index (χ2n) is 3.67. The molecule has 0 saturated heterocycles. The number of nitrogens with one attached hydrogen (secondary N) is 2. The van der Waals surface area contributed by atoms with Gasteiger partial charge in [-0.2, -0.15) is 0 Å². The third-order valence-electron chi connectivity index (χ3n) is 2.35. The van der Waals surface area contributed by atoms with Gasteiger partial charge in [0.1, 0.15) is 0 Å². The Morgan fingerprint density at radius 2 is 2.11 bits per heavy atom. The van der Waals surface area contributed by atoms with Gasteiger partial charge in [-0.05, 0) is 39.0 Å². The van der Waals surface area contributed by atoms with Crippen LogP contribution in [0.3, 0.4) is 0 Å². The molecule has 2 heterocycles. The highest BCUT2D eigenvalue weighted by molar-refractivity contribution is 14.0. The van der Waals surface area contributed by atoms with E-state index in [0.717, 1.165) is 21.9 Å². The average Bonchev–Trinajstić information content (AvgIpc) is 3.01. The highest BCUT2D eigenvalue weighted by Crippen LogP contribution is 2.20. The van der Waals surface area contributed by atoms with Gasteiger partial charge in [0.15, 0.2) is 5.96 Å². The maximum atomic E-state index is 5.01. The van der Waals surface area contributed by atoms with Crippen molar-refractivity contribution < 1.29 is 4.42 Å². The Balaban J connectivity index is 0.00000180. The van der Waals surface area contributed by atoms with Crippen molar-refractivity contribution in [2.75, 3.05) is 7.05 Å². The summed E-state index contributed by atoms with van der Waals surface area (Å²) in [6, 6.07) is 4.03. The van der Waals surface area contributed by atoms with E-state index in [2.05, 4.69) is 43.0 Å². The van der Waals surface area contributed by atoms with Crippen LogP contribution in [-0.4, -0.2) is 13.0 Å². The number of nitrogens with zero attached hydrogens (tertiary/aromatic N) is 1. The molecular weight excluding hydrogens is 441 g/mol. The Labute approximate surface area is 141 Å². The quantitative estimate of drug-likeness (QED) is 0.420. The van der Waals surface area contributed by atoms with Gasteiger partial charge in [0.05, 0.1) is 16.3 Å². The summed E-state index contributed by atoms with van der Waals surface area (Å²) >= 11 is 5.13. The van der Waals surface area contributed by atoms with Crippen LogP contribution >= 0.6 is 51.2 Å². The molecule has 0 amide bonds. The molecule has 0 aliphatic carbocycles. The summed E-state index contributed by atoms with van der Waals surface area (Å²) in [6.45, 7) is 1.46. The van der Waals surface area contributed by atoms with Crippen molar-refractivity contribution in [1.82, 2.24) is 10.6 Å². The van der Waals surface area contributed by atoms with Crippen LogP contribution in [0.4, 0.5) is 0 Å². The van der Waals surface area contributed by atoms with E-state index in [1.54, 1.807) is 30.9 Å². The Bertz CT molecular complexity index is 513. The summed E-state index contributed by atoms with van der Waals surface area (Å²) in [5.74, 6) is 0.776. The lowest BCUT2D eigenvalue weighted by atomic mass is 10.3. The molecule has 0 unspecified atom stereocenters. The normalized spacial score (nSPS) is 10.9. The molecule has 0 radical (unpaired) electrons. The maximum Gasteiger partial charge on any atom is 0.191 e. The van der Waals surface area contributed by atoms with Crippen molar-refractivity contribution in [2.45, 2.75) is 13.1 Å². The smallest absolute Gasteiger partial charge is 0.191 e. The van der Waals surface area contributed by atoms with Crippen LogP contribution in [0, 0.1) is 0 Å². The summed E-state index contributed by atoms with van der Waals surface area (Å²) in [5.41, 5.74) is 2.33. The van der Waals surface area contributed by atoms with Gasteiger partial charge in [0.25, 0.3) is 0 Å². The van der Waals surface area contributed by atoms with Gasteiger partial charge < -0.3 is 15.1 Å². The maximum absolute atomic E-state index is 5.01. The van der Waals surface area contributed by atoms with Crippen molar-refractivity contribution >= 4 is 57.2 Å². The first kappa shape index (κ1) is 16.5. The predicted octanol–water partition coefficient (Wildman–Crippen LogP) is 3.59. The van der Waals surface area contributed by atoms with Crippen molar-refractivity contribution in [1.29, 1.82) is 0 Å². The molecule has 0 saturated carbocycles. The van der Waals surface area contributed by atoms with Crippen molar-refractivity contribution in [3.05, 3.63) is 45.0 Å². The Morgan fingerprint density at radius 1 is 1.37 bits per heavy atom. The Hall–Kier alpha value is -0.540. The molecule has 104 valence electrons. The molecular formula is C12H15BrIN3OS. The molecule has 0 spiro atoms. The summed E-state index contributed by atoms with van der Waals surface area (Å²) in [4.78, 5) is 4.16. The molecule has 2 aromatic rings. The number of furan rings is 1. The van der Waals surface area contributed by atoms with Crippen molar-refractivity contribution in [3.8, 4) is 0 Å². The van der Waals surface area contributed by atoms with E-state index in [1.807, 2.05) is 6.07 Å². The van der Waals surface area contributed by atoms with Crippen LogP contribution in [0.5, 0.6) is 0 Å². The molecule has 2 aromatic heterocycles. The molecule has 2 rings (SSSR count). The van der Waals surface area contributed by atoms with Crippen LogP contribution in [0.15, 0.2) is 43.2 Å². The fourth-order valence-electron chi connectivity index (χ4n) is 1.42. The van der Waals surface area contributed by atoms with Gasteiger partial charge in [0.2, 0.25) is 0 Å². The zero-order valence-corrected chi connectivity index (χ0v) is 15.1. The van der Waals surface area contributed by atoms with E-state index in [0.29, 0.717) is 6.54 Å². The summed E-state index contributed by atoms with van der Waals surface area (Å²) in [6.07, 6.45) is 3.38. The number of hydrogen-bond donors (Lipinski definition) is 2. The number of thiophene rings is 1. The van der Waals surface area contributed by atoms with E-state index in [-0.39, 0.29) is 24.0 Å². The average molecular weight is 456 g/mol. The van der Waals surface area contributed by atoms with Gasteiger partial charge in [-0.3, -0.25) is 4.99 Å². The third kappa shape index (κ3) is 5.53. The zero-order chi connectivity index (χ0) is 12.8. The minimum absolute atomic E-state index is 0. The molecule has 7 heteroatoms. The number of rotatable bonds is 4. The standard InChI is InChI=1S/C12H14BrN3OS.HI/c1-14-12(15-5-9-2-3-17-7-9)16-6-10-4-11(13)18-8-10;/h2-4,7-8H,5-6H2,1H3,(H2,14,15,16);1H. The van der Waals surface area contributed by atoms with Gasteiger partial charge >= 0.3 is 0 Å². The van der Waals surface area contributed by atoms with Gasteiger partial charge in [-0.25, -0.2) is 0 Å². The van der Waals surface area contributed by atoms with E-state index >= 15 is 0 Å². The largest absolute Gasteiger partial charge is 0.472 e. The fourth-order valence-corrected chi connectivity index (χ4v) is 2.63. The number of aliphatic imine (C=N–C) groups is 1. The second-order valence-corrected chi connectivity index (χ2v) is 5.96. The topological polar surface area (TPSA) is 49.6 Å². The SMILES string of the molecule is CN=C(NCc1ccoc1)NCc1csc(Br)c1.I. The van der Waals surface area contributed by atoms with E-state index < -0.39 is 0 Å². The highest BCUT2D eigenvalue weighted by Gasteiger charge is 2.01. The molecule has 0 fully saturated rings. The van der Waals surface area contributed by atoms with Gasteiger partial charge in [-0.1, -0.05) is 0 Å². The van der Waals surface area contributed by atoms with Gasteiger partial charge in [-0.15, -0.1) is 35.3 Å². The number of guanidine groups is 1. The van der Waals surface area contributed by atoms with Crippen molar-refractivity contribution in [3.63, 3.8) is 0 Å². The van der Waals surface area contributed by atoms with E-state index in [9.17, 15) is 0 Å². The monoisotopic (exact) mass is 455 g/mol. The van der Waals surface area contributed by atoms with Crippen LogP contribution < -0.4 is 10.6 Å². The third-order valence-corrected chi connectivity index (χ3v) is 3.90. The van der Waals surface area contributed by atoms with Crippen LogP contribution in [-0.2, 0) is 13.1 Å². The molecule has 19 heavy (non-hydrogen) atoms. The van der Waals surface area contributed by atoms with E-state index in [4.69, 9.17) is 4.42 Å². The highest BCUT2D eigenvalue weighted by atomic mass is 127. The minimum atomic E-state index is 0. The summed E-state index contributed by atoms with van der Waals surface area (Å²) in [7, 11) is 1.76. The van der Waals surface area contributed by atoms with Crippen LogP contribution in [0.2, 0.25) is 0 Å². The molecule has 2 N–H and O–H groups in total. The predicted molar refractivity (Wildman–Crippen MR) is 93.2 cm³/mol. The fraction of sp³-hybridized carbons (Fsp3) is 0.250. The Morgan fingerprint density at radius 3 is 2.63 bits per heavy atom. The number of hydrogen-bond acceptors (Lipinski definition) is 3. The Kier molecular flexibility index (Phi) is 7.47. The first-order valence-corrected chi connectivity index (χ1v) is 7.13. The molecule has 0 atom stereocenters. The number of halogens is 2. The van der Waals surface area contributed by atoms with Crippen molar-refractivity contribution in [2.24, 2.45) is 4.99 Å². The van der Waals surface area contributed by atoms with Gasteiger partial charge in [0, 0.05) is 25.7 Å². The van der Waals surface area contributed by atoms with Crippen LogP contribution in [0.25, 0.3) is 0 Å². The molecule has 0 aromatic carbocycles. The lowest BCUT2D eigenvalue weighted by Crippen LogP contribution is -2.36. The molecule has 0 aliphatic heterocycles. The first-order valence-electron chi connectivity index (χ1n) is 5.46. The molecule has 0 bridgehead atoms. The second kappa shape index (κ2) is 8.60. The molecule has 4 nitrogen and oxygen atoms in total.